The fourth-order valence-corrected chi connectivity index (χ4v) is 5.78. The van der Waals surface area contributed by atoms with Crippen molar-refractivity contribution in [2.75, 3.05) is 25.2 Å². The summed E-state index contributed by atoms with van der Waals surface area (Å²) in [5, 5.41) is 2.03. The molecule has 2 heterocycles. The Bertz CT molecular complexity index is 365. The third-order valence-corrected chi connectivity index (χ3v) is 6.58. The first-order valence-corrected chi connectivity index (χ1v) is 7.48. The third-order valence-electron chi connectivity index (χ3n) is 3.14. The predicted octanol–water partition coefficient (Wildman–Crippen LogP) is 2.78. The van der Waals surface area contributed by atoms with Gasteiger partial charge in [-0.25, -0.2) is 0 Å². The van der Waals surface area contributed by atoms with E-state index in [0.29, 0.717) is 6.04 Å². The largest absolute Gasteiger partial charge is 0.296 e. The summed E-state index contributed by atoms with van der Waals surface area (Å²) in [6, 6.07) is 11.1. The average molecular weight is 253 g/mol. The topological polar surface area (TPSA) is 12.5 Å². The van der Waals surface area contributed by atoms with E-state index >= 15 is 0 Å². The van der Waals surface area contributed by atoms with Crippen molar-refractivity contribution in [3.05, 3.63) is 35.9 Å². The van der Waals surface area contributed by atoms with Crippen LogP contribution in [0.25, 0.3) is 0 Å². The van der Waals surface area contributed by atoms with Crippen molar-refractivity contribution in [3.63, 3.8) is 0 Å². The lowest BCUT2D eigenvalue weighted by atomic mass is 10.0. The Morgan fingerprint density at radius 1 is 1.25 bits per heavy atom. The molecular weight excluding hydrogens is 238 g/mol. The van der Waals surface area contributed by atoms with Crippen LogP contribution in [0.1, 0.15) is 11.6 Å². The second-order valence-electron chi connectivity index (χ2n) is 4.14. The van der Waals surface area contributed by atoms with Crippen molar-refractivity contribution in [2.45, 2.75) is 10.1 Å². The van der Waals surface area contributed by atoms with Gasteiger partial charge in [0.25, 0.3) is 0 Å². The van der Waals surface area contributed by atoms with Gasteiger partial charge >= 0.3 is 0 Å². The van der Waals surface area contributed by atoms with Crippen molar-refractivity contribution in [1.29, 1.82) is 0 Å². The molecule has 2 nitrogen and oxygen atoms in total. The summed E-state index contributed by atoms with van der Waals surface area (Å²) >= 11 is 4.11. The van der Waals surface area contributed by atoms with E-state index in [2.05, 4.69) is 53.9 Å². The molecule has 0 radical (unpaired) electrons. The molecule has 3 rings (SSSR count). The van der Waals surface area contributed by atoms with Gasteiger partial charge < -0.3 is 0 Å². The Balaban J connectivity index is 1.97. The Hall–Kier alpha value is -0.160. The number of rotatable bonds is 1. The van der Waals surface area contributed by atoms with Gasteiger partial charge in [-0.05, 0) is 5.56 Å². The molecule has 0 aliphatic carbocycles. The lowest BCUT2D eigenvalue weighted by Crippen LogP contribution is -2.29. The van der Waals surface area contributed by atoms with E-state index in [0.717, 1.165) is 6.61 Å². The second-order valence-corrected chi connectivity index (χ2v) is 7.25. The molecule has 2 saturated heterocycles. The standard InChI is InChI=1S/C12H15NOS2/c1-13-11(10-5-3-2-4-6-10)12(9-14-13)15-7-8-16-12/h2-6,11H,7-9H2,1H3/t11-/m0/s1. The molecule has 1 atom stereocenters. The van der Waals surface area contributed by atoms with Gasteiger partial charge in [-0.2, -0.15) is 5.06 Å². The van der Waals surface area contributed by atoms with E-state index in [9.17, 15) is 0 Å². The minimum Gasteiger partial charge on any atom is -0.296 e. The molecule has 0 bridgehead atoms. The molecule has 0 amide bonds. The maximum Gasteiger partial charge on any atom is 0.108 e. The Morgan fingerprint density at radius 3 is 2.62 bits per heavy atom. The average Bonchev–Trinajstić information content (AvgIpc) is 2.90. The van der Waals surface area contributed by atoms with Crippen LogP contribution in [-0.4, -0.2) is 34.3 Å². The molecule has 2 aliphatic heterocycles. The highest BCUT2D eigenvalue weighted by atomic mass is 32.2. The Labute approximate surface area is 105 Å². The molecule has 2 aliphatic rings. The highest BCUT2D eigenvalue weighted by molar-refractivity contribution is 8.21. The van der Waals surface area contributed by atoms with Crippen LogP contribution in [-0.2, 0) is 4.84 Å². The molecule has 1 aromatic rings. The molecule has 0 aromatic heterocycles. The van der Waals surface area contributed by atoms with Crippen LogP contribution < -0.4 is 0 Å². The molecule has 86 valence electrons. The molecule has 0 N–H and O–H groups in total. The number of thioether (sulfide) groups is 2. The highest BCUT2D eigenvalue weighted by Gasteiger charge is 2.51. The summed E-state index contributed by atoms with van der Waals surface area (Å²) in [4.78, 5) is 5.75. The maximum absolute atomic E-state index is 5.75. The fraction of sp³-hybridized carbons (Fsp3) is 0.500. The number of hydrogen-bond acceptors (Lipinski definition) is 4. The SMILES string of the molecule is CN1OCC2(SCCS2)[C@@H]1c1ccccc1. The first-order valence-electron chi connectivity index (χ1n) is 5.50. The van der Waals surface area contributed by atoms with Gasteiger partial charge in [0, 0.05) is 18.6 Å². The van der Waals surface area contributed by atoms with Gasteiger partial charge in [-0.15, -0.1) is 23.5 Å². The number of nitrogens with zero attached hydrogens (tertiary/aromatic N) is 1. The second kappa shape index (κ2) is 4.26. The summed E-state index contributed by atoms with van der Waals surface area (Å²) in [6.07, 6.45) is 0. The first-order chi connectivity index (χ1) is 7.82. The molecule has 1 spiro atoms. The van der Waals surface area contributed by atoms with E-state index in [-0.39, 0.29) is 4.08 Å². The molecule has 0 unspecified atom stereocenters. The molecule has 1 aromatic carbocycles. The summed E-state index contributed by atoms with van der Waals surface area (Å²) in [5.74, 6) is 2.48. The summed E-state index contributed by atoms with van der Waals surface area (Å²) in [7, 11) is 2.05. The normalized spacial score (nSPS) is 28.9. The minimum atomic E-state index is 0.218. The Morgan fingerprint density at radius 2 is 1.94 bits per heavy atom. The van der Waals surface area contributed by atoms with Crippen molar-refractivity contribution >= 4 is 23.5 Å². The number of hydroxylamine groups is 2. The molecule has 0 saturated carbocycles. The fourth-order valence-electron chi connectivity index (χ4n) is 2.43. The molecule has 2 fully saturated rings. The zero-order valence-corrected chi connectivity index (χ0v) is 10.9. The monoisotopic (exact) mass is 253 g/mol. The molecular formula is C12H15NOS2. The number of hydrogen-bond donors (Lipinski definition) is 0. The minimum absolute atomic E-state index is 0.218. The summed E-state index contributed by atoms with van der Waals surface area (Å²) < 4.78 is 0.218. The zero-order chi connectivity index (χ0) is 11.0. The smallest absolute Gasteiger partial charge is 0.108 e. The van der Waals surface area contributed by atoms with E-state index in [1.807, 2.05) is 12.1 Å². The van der Waals surface area contributed by atoms with Crippen molar-refractivity contribution in [3.8, 4) is 0 Å². The third kappa shape index (κ3) is 1.68. The van der Waals surface area contributed by atoms with Gasteiger partial charge in [0.2, 0.25) is 0 Å². The van der Waals surface area contributed by atoms with Crippen LogP contribution >= 0.6 is 23.5 Å². The summed E-state index contributed by atoms with van der Waals surface area (Å²) in [5.41, 5.74) is 1.37. The predicted molar refractivity (Wildman–Crippen MR) is 70.5 cm³/mol. The van der Waals surface area contributed by atoms with Crippen LogP contribution in [0.4, 0.5) is 0 Å². The van der Waals surface area contributed by atoms with Gasteiger partial charge in [0.1, 0.15) is 4.08 Å². The van der Waals surface area contributed by atoms with Gasteiger partial charge in [-0.3, -0.25) is 4.84 Å². The first kappa shape index (κ1) is 11.0. The molecule has 4 heteroatoms. The van der Waals surface area contributed by atoms with Crippen LogP contribution in [0.3, 0.4) is 0 Å². The lowest BCUT2D eigenvalue weighted by molar-refractivity contribution is -0.110. The highest BCUT2D eigenvalue weighted by Crippen LogP contribution is 2.56. The maximum atomic E-state index is 5.75. The van der Waals surface area contributed by atoms with Crippen molar-refractivity contribution < 1.29 is 4.84 Å². The zero-order valence-electron chi connectivity index (χ0n) is 9.26. The van der Waals surface area contributed by atoms with Crippen molar-refractivity contribution in [2.24, 2.45) is 0 Å². The van der Waals surface area contributed by atoms with Crippen LogP contribution in [0, 0.1) is 0 Å². The van der Waals surface area contributed by atoms with E-state index < -0.39 is 0 Å². The quantitative estimate of drug-likeness (QED) is 0.762. The molecule has 16 heavy (non-hydrogen) atoms. The van der Waals surface area contributed by atoms with Gasteiger partial charge in [-0.1, -0.05) is 30.3 Å². The van der Waals surface area contributed by atoms with Crippen molar-refractivity contribution in [1.82, 2.24) is 5.06 Å². The van der Waals surface area contributed by atoms with Gasteiger partial charge in [0.15, 0.2) is 0 Å². The number of benzene rings is 1. The van der Waals surface area contributed by atoms with E-state index in [1.54, 1.807) is 0 Å². The Kier molecular flexibility index (Phi) is 2.92. The van der Waals surface area contributed by atoms with E-state index in [1.165, 1.54) is 17.1 Å². The van der Waals surface area contributed by atoms with Crippen LogP contribution in [0.5, 0.6) is 0 Å². The summed E-state index contributed by atoms with van der Waals surface area (Å²) in [6.45, 7) is 0.832. The van der Waals surface area contributed by atoms with Crippen LogP contribution in [0.2, 0.25) is 0 Å². The van der Waals surface area contributed by atoms with E-state index in [4.69, 9.17) is 4.84 Å². The van der Waals surface area contributed by atoms with Crippen LogP contribution in [0.15, 0.2) is 30.3 Å². The lowest BCUT2D eigenvalue weighted by Gasteiger charge is -2.29. The van der Waals surface area contributed by atoms with Gasteiger partial charge in [0.05, 0.1) is 12.6 Å².